The molecule has 0 bridgehead atoms. The third-order valence-electron chi connectivity index (χ3n) is 9.42. The minimum atomic E-state index is -3.06. The molecular weight excluding hydrogens is 476 g/mol. The van der Waals surface area contributed by atoms with Crippen molar-refractivity contribution in [3.8, 4) is 0 Å². The Hall–Kier alpha value is -2.13. The van der Waals surface area contributed by atoms with E-state index in [-0.39, 0.29) is 54.2 Å². The molecule has 1 aromatic rings. The Kier molecular flexibility index (Phi) is 6.83. The first kappa shape index (κ1) is 25.5. The van der Waals surface area contributed by atoms with Gasteiger partial charge in [-0.05, 0) is 64.1 Å². The summed E-state index contributed by atoms with van der Waals surface area (Å²) >= 11 is 0. The molecule has 2 aliphatic heterocycles. The minimum absolute atomic E-state index is 0.0104. The molecule has 2 heterocycles. The summed E-state index contributed by atoms with van der Waals surface area (Å²) in [6.45, 7) is 1.85. The second kappa shape index (κ2) is 9.63. The van der Waals surface area contributed by atoms with Crippen molar-refractivity contribution in [2.45, 2.75) is 56.0 Å². The fourth-order valence-electron chi connectivity index (χ4n) is 6.74. The lowest BCUT2D eigenvalue weighted by Crippen LogP contribution is -2.56. The highest BCUT2D eigenvalue weighted by atomic mass is 32.2. The zero-order chi connectivity index (χ0) is 25.6. The predicted octanol–water partition coefficient (Wildman–Crippen LogP) is 2.55. The molecule has 5 rings (SSSR count). The number of nitrogens with zero attached hydrogens (tertiary/aromatic N) is 4. The zero-order valence-electron chi connectivity index (χ0n) is 21.7. The van der Waals surface area contributed by atoms with E-state index in [1.165, 1.54) is 24.8 Å². The van der Waals surface area contributed by atoms with E-state index in [4.69, 9.17) is 0 Å². The van der Waals surface area contributed by atoms with Crippen molar-refractivity contribution in [2.75, 3.05) is 58.3 Å². The van der Waals surface area contributed by atoms with E-state index in [0.29, 0.717) is 12.5 Å². The Bertz CT molecular complexity index is 1060. The zero-order valence-corrected chi connectivity index (χ0v) is 22.5. The van der Waals surface area contributed by atoms with Crippen LogP contribution in [0.4, 0.5) is 4.79 Å². The number of hydrogen-bond acceptors (Lipinski definition) is 5. The van der Waals surface area contributed by atoms with Crippen LogP contribution in [0.1, 0.15) is 50.5 Å². The normalized spacial score (nSPS) is 30.8. The van der Waals surface area contributed by atoms with Crippen LogP contribution in [0.2, 0.25) is 0 Å². The molecule has 0 aromatic heterocycles. The van der Waals surface area contributed by atoms with Crippen LogP contribution in [0.25, 0.3) is 0 Å². The number of carbonyl (C=O) groups excluding carboxylic acids is 2. The predicted molar refractivity (Wildman–Crippen MR) is 139 cm³/mol. The maximum Gasteiger partial charge on any atom is 0.321 e. The molecule has 1 aromatic carbocycles. The van der Waals surface area contributed by atoms with E-state index in [1.807, 2.05) is 0 Å². The van der Waals surface area contributed by atoms with E-state index in [9.17, 15) is 18.0 Å². The van der Waals surface area contributed by atoms with Crippen LogP contribution in [-0.2, 0) is 20.2 Å². The van der Waals surface area contributed by atoms with Crippen molar-refractivity contribution in [1.82, 2.24) is 19.6 Å². The van der Waals surface area contributed by atoms with Crippen molar-refractivity contribution in [2.24, 2.45) is 5.92 Å². The summed E-state index contributed by atoms with van der Waals surface area (Å²) < 4.78 is 23.6. The summed E-state index contributed by atoms with van der Waals surface area (Å²) in [6, 6.07) is 10.7. The maximum absolute atomic E-state index is 13.7. The molecule has 0 unspecified atom stereocenters. The molecule has 198 valence electrons. The summed E-state index contributed by atoms with van der Waals surface area (Å²) in [5.74, 6) is 0.442. The van der Waals surface area contributed by atoms with Crippen LogP contribution in [0.15, 0.2) is 30.3 Å². The smallest absolute Gasteiger partial charge is 0.321 e. The first-order valence-corrected chi connectivity index (χ1v) is 15.2. The molecular formula is C27H40N4O4S. The second-order valence-electron chi connectivity index (χ2n) is 11.6. The molecule has 3 amide bonds. The minimum Gasteiger partial charge on any atom is -0.339 e. The van der Waals surface area contributed by atoms with Gasteiger partial charge in [0.1, 0.15) is 6.54 Å². The lowest BCUT2D eigenvalue weighted by molar-refractivity contribution is -0.131. The van der Waals surface area contributed by atoms with Gasteiger partial charge >= 0.3 is 6.03 Å². The monoisotopic (exact) mass is 516 g/mol. The lowest BCUT2D eigenvalue weighted by atomic mass is 9.68. The largest absolute Gasteiger partial charge is 0.339 e. The summed E-state index contributed by atoms with van der Waals surface area (Å²) in [5, 5.41) is 0. The van der Waals surface area contributed by atoms with Gasteiger partial charge in [-0.25, -0.2) is 13.2 Å². The molecule has 0 N–H and O–H groups in total. The summed E-state index contributed by atoms with van der Waals surface area (Å²) in [5.41, 5.74) is 1.03. The number of benzene rings is 1. The van der Waals surface area contributed by atoms with Gasteiger partial charge in [-0.1, -0.05) is 36.8 Å². The van der Waals surface area contributed by atoms with Crippen molar-refractivity contribution in [1.29, 1.82) is 0 Å². The molecule has 9 heteroatoms. The van der Waals surface area contributed by atoms with Crippen LogP contribution in [0.5, 0.6) is 0 Å². The SMILES string of the molecule is CN(C)[C@]1(c2ccccc2)CC[C@]2(CC1)CN(CC(=O)N1CCS(=O)(=O)CC1)C(=O)N2CC1CCC1. The number of urea groups is 1. The highest BCUT2D eigenvalue weighted by Gasteiger charge is 2.55. The molecule has 36 heavy (non-hydrogen) atoms. The van der Waals surface area contributed by atoms with E-state index < -0.39 is 9.84 Å². The lowest BCUT2D eigenvalue weighted by Gasteiger charge is -2.51. The highest BCUT2D eigenvalue weighted by Crippen LogP contribution is 2.49. The van der Waals surface area contributed by atoms with Crippen LogP contribution >= 0.6 is 0 Å². The fourth-order valence-corrected chi connectivity index (χ4v) is 7.94. The van der Waals surface area contributed by atoms with E-state index in [1.54, 1.807) is 9.80 Å². The third kappa shape index (κ3) is 4.64. The quantitative estimate of drug-likeness (QED) is 0.581. The van der Waals surface area contributed by atoms with Gasteiger partial charge in [0.25, 0.3) is 0 Å². The Morgan fingerprint density at radius 1 is 1.03 bits per heavy atom. The van der Waals surface area contributed by atoms with Gasteiger partial charge < -0.3 is 14.7 Å². The summed E-state index contributed by atoms with van der Waals surface area (Å²) in [7, 11) is 1.25. The molecule has 8 nitrogen and oxygen atoms in total. The summed E-state index contributed by atoms with van der Waals surface area (Å²) in [4.78, 5) is 34.6. The average molecular weight is 517 g/mol. The topological polar surface area (TPSA) is 81.2 Å². The molecule has 4 fully saturated rings. The van der Waals surface area contributed by atoms with E-state index >= 15 is 0 Å². The van der Waals surface area contributed by atoms with Crippen molar-refractivity contribution >= 4 is 21.8 Å². The van der Waals surface area contributed by atoms with Gasteiger partial charge in [-0.3, -0.25) is 9.69 Å². The Morgan fingerprint density at radius 2 is 1.67 bits per heavy atom. The van der Waals surface area contributed by atoms with Gasteiger partial charge in [0.05, 0.1) is 17.0 Å². The van der Waals surface area contributed by atoms with E-state index in [2.05, 4.69) is 54.2 Å². The van der Waals surface area contributed by atoms with Gasteiger partial charge in [-0.2, -0.15) is 0 Å². The highest BCUT2D eigenvalue weighted by molar-refractivity contribution is 7.91. The van der Waals surface area contributed by atoms with Crippen LogP contribution in [-0.4, -0.2) is 104 Å². The first-order valence-electron chi connectivity index (χ1n) is 13.4. The first-order chi connectivity index (χ1) is 17.1. The average Bonchev–Trinajstić information content (AvgIpc) is 3.07. The van der Waals surface area contributed by atoms with Crippen LogP contribution in [0.3, 0.4) is 0 Å². The molecule has 2 saturated heterocycles. The van der Waals surface area contributed by atoms with Gasteiger partial charge in [-0.15, -0.1) is 0 Å². The van der Waals surface area contributed by atoms with Crippen LogP contribution < -0.4 is 0 Å². The van der Waals surface area contributed by atoms with Gasteiger partial charge in [0.2, 0.25) is 5.91 Å². The van der Waals surface area contributed by atoms with Crippen molar-refractivity contribution in [3.63, 3.8) is 0 Å². The van der Waals surface area contributed by atoms with Crippen molar-refractivity contribution in [3.05, 3.63) is 35.9 Å². The maximum atomic E-state index is 13.7. The number of amides is 3. The number of hydrogen-bond donors (Lipinski definition) is 0. The Labute approximate surface area is 215 Å². The Morgan fingerprint density at radius 3 is 2.22 bits per heavy atom. The molecule has 2 saturated carbocycles. The van der Waals surface area contributed by atoms with Crippen LogP contribution in [0, 0.1) is 5.92 Å². The van der Waals surface area contributed by atoms with Gasteiger partial charge in [0, 0.05) is 31.7 Å². The molecule has 4 aliphatic rings. The Balaban J connectivity index is 1.33. The number of carbonyl (C=O) groups is 2. The third-order valence-corrected chi connectivity index (χ3v) is 11.0. The van der Waals surface area contributed by atoms with E-state index in [0.717, 1.165) is 32.2 Å². The molecule has 0 radical (unpaired) electrons. The fraction of sp³-hybridized carbons (Fsp3) is 0.704. The molecule has 2 aliphatic carbocycles. The summed E-state index contributed by atoms with van der Waals surface area (Å²) in [6.07, 6.45) is 7.32. The molecule has 1 spiro atoms. The number of rotatable bonds is 6. The standard InChI is InChI=1S/C27H40N4O4S/c1-28(2)27(23-9-4-3-5-10-23)13-11-26(12-14-27)21-30(25(33)31(26)19-22-7-6-8-22)20-24(32)29-15-17-36(34,35)18-16-29/h3-5,9-10,22H,6-8,11-21H2,1-2H3/t26-,27+. The molecule has 0 atom stereocenters. The second-order valence-corrected chi connectivity index (χ2v) is 13.9. The van der Waals surface area contributed by atoms with Gasteiger partial charge in [0.15, 0.2) is 9.84 Å². The number of sulfone groups is 1. The van der Waals surface area contributed by atoms with Crippen molar-refractivity contribution < 1.29 is 18.0 Å².